The second-order valence-corrected chi connectivity index (χ2v) is 28.5. The van der Waals surface area contributed by atoms with Crippen molar-refractivity contribution in [3.05, 3.63) is 65.5 Å². The third kappa shape index (κ3) is 3.40. The molecule has 1 aliphatic carbocycles. The monoisotopic (exact) mass is 388 g/mol. The van der Waals surface area contributed by atoms with Gasteiger partial charge in [-0.15, -0.1) is 0 Å². The van der Waals surface area contributed by atoms with E-state index >= 15 is 0 Å². The fraction of sp³-hybridized carbons (Fsp3) is 0.429. The standard InChI is InChI=1S/C17H19N2.C2H7Si.2CH3.Ti/c1-17(2,3)19-16-11-14(15-9-6-10-18-15)12-7-4-5-8-13(12)16;1-3-2;;;/h4-11,16,18H,1-3H3;3H,1-2H3;2*1H3;/q-1;;;;+1. The van der Waals surface area contributed by atoms with Crippen molar-refractivity contribution < 1.29 is 16.1 Å². The van der Waals surface area contributed by atoms with Crippen LogP contribution in [0.4, 0.5) is 0 Å². The molecule has 1 atom stereocenters. The Morgan fingerprint density at radius 2 is 1.72 bits per heavy atom. The molecular weight excluding hydrogens is 356 g/mol. The van der Waals surface area contributed by atoms with Gasteiger partial charge in [-0.2, -0.15) is 0 Å². The first-order valence-electron chi connectivity index (χ1n) is 9.38. The van der Waals surface area contributed by atoms with Crippen molar-refractivity contribution in [2.24, 2.45) is 0 Å². The molecule has 0 saturated carbocycles. The summed E-state index contributed by atoms with van der Waals surface area (Å²) in [5, 5.41) is 5.26. The first-order valence-corrected chi connectivity index (χ1v) is 18.8. The molecule has 0 fully saturated rings. The second-order valence-electron chi connectivity index (χ2n) is 9.05. The molecule has 2 nitrogen and oxygen atoms in total. The van der Waals surface area contributed by atoms with E-state index < -0.39 is 22.8 Å². The average Bonchev–Trinajstić information content (AvgIpc) is 3.14. The third-order valence-corrected chi connectivity index (χ3v) is 26.4. The summed E-state index contributed by atoms with van der Waals surface area (Å²) in [6, 6.07) is 13.7. The van der Waals surface area contributed by atoms with Gasteiger partial charge in [0.1, 0.15) is 0 Å². The van der Waals surface area contributed by atoms with Gasteiger partial charge in [0, 0.05) is 0 Å². The van der Waals surface area contributed by atoms with E-state index in [1.165, 1.54) is 22.4 Å². The maximum atomic E-state index is 3.42. The quantitative estimate of drug-likeness (QED) is 0.661. The Labute approximate surface area is 157 Å². The van der Waals surface area contributed by atoms with Gasteiger partial charge in [-0.05, 0) is 0 Å². The molecule has 1 aromatic heterocycles. The Morgan fingerprint density at radius 1 is 1.04 bits per heavy atom. The van der Waals surface area contributed by atoms with Crippen molar-refractivity contribution in [3.63, 3.8) is 0 Å². The molecule has 1 unspecified atom stereocenters. The first-order chi connectivity index (χ1) is 11.6. The number of H-pyrrole nitrogens is 1. The summed E-state index contributed by atoms with van der Waals surface area (Å²) in [5.41, 5.74) is 5.66. The Balaban J connectivity index is 2.17. The second kappa shape index (κ2) is 6.70. The summed E-state index contributed by atoms with van der Waals surface area (Å²) in [6.45, 7) is 11.6. The molecule has 0 spiro atoms. The SMILES string of the molecule is C[SiH](C)[Ti]([CH3])([CH3])[N](C1C=C(c2ccc[nH]2)c2ccccc21)C(C)(C)C. The van der Waals surface area contributed by atoms with Crippen molar-refractivity contribution >= 4 is 12.2 Å². The molecule has 1 aliphatic rings. The fourth-order valence-corrected chi connectivity index (χ4v) is 13.8. The van der Waals surface area contributed by atoms with E-state index in [1.807, 2.05) is 6.20 Å². The van der Waals surface area contributed by atoms with Crippen LogP contribution in [0.2, 0.25) is 23.6 Å². The number of benzene rings is 1. The minimum atomic E-state index is -2.07. The van der Waals surface area contributed by atoms with Gasteiger partial charge in [-0.3, -0.25) is 0 Å². The summed E-state index contributed by atoms with van der Waals surface area (Å²) < 4.78 is 2.94. The molecule has 0 radical (unpaired) electrons. The van der Waals surface area contributed by atoms with Gasteiger partial charge in [0.2, 0.25) is 0 Å². The summed E-state index contributed by atoms with van der Waals surface area (Å²) in [6.07, 6.45) is 4.54. The number of hydrogen-bond acceptors (Lipinski definition) is 1. The normalized spacial score (nSPS) is 18.0. The van der Waals surface area contributed by atoms with E-state index in [1.54, 1.807) is 0 Å². The summed E-state index contributed by atoms with van der Waals surface area (Å²) in [5.74, 6) is 0. The van der Waals surface area contributed by atoms with Crippen molar-refractivity contribution in [2.75, 3.05) is 0 Å². The molecule has 0 amide bonds. The zero-order valence-corrected chi connectivity index (χ0v) is 19.4. The van der Waals surface area contributed by atoms with E-state index in [2.05, 4.69) is 95.2 Å². The van der Waals surface area contributed by atoms with E-state index in [-0.39, 0.29) is 5.54 Å². The van der Waals surface area contributed by atoms with E-state index in [0.717, 1.165) is 0 Å². The molecule has 134 valence electrons. The van der Waals surface area contributed by atoms with Crippen LogP contribution in [0.25, 0.3) is 5.57 Å². The Hall–Kier alpha value is -0.869. The van der Waals surface area contributed by atoms with Crippen molar-refractivity contribution in [1.29, 1.82) is 0 Å². The van der Waals surface area contributed by atoms with E-state index in [4.69, 9.17) is 0 Å². The third-order valence-electron chi connectivity index (χ3n) is 5.82. The van der Waals surface area contributed by atoms with Crippen LogP contribution in [0, 0.1) is 0 Å². The summed E-state index contributed by atoms with van der Waals surface area (Å²) in [7, 11) is 0. The van der Waals surface area contributed by atoms with Crippen LogP contribution in [0.5, 0.6) is 0 Å². The van der Waals surface area contributed by atoms with Gasteiger partial charge in [-0.25, -0.2) is 0 Å². The molecule has 0 saturated heterocycles. The molecule has 1 aromatic carbocycles. The average molecular weight is 388 g/mol. The van der Waals surface area contributed by atoms with Crippen LogP contribution in [0.1, 0.15) is 43.6 Å². The number of aromatic nitrogens is 1. The predicted octanol–water partition coefficient (Wildman–Crippen LogP) is 5.75. The Bertz CT molecular complexity index is 769. The zero-order valence-electron chi connectivity index (χ0n) is 16.7. The Kier molecular flexibility index (Phi) is 5.07. The minimum absolute atomic E-state index is 0.181. The van der Waals surface area contributed by atoms with Crippen LogP contribution >= 0.6 is 0 Å². The van der Waals surface area contributed by atoms with E-state index in [9.17, 15) is 0 Å². The van der Waals surface area contributed by atoms with Crippen LogP contribution in [-0.4, -0.2) is 20.6 Å². The van der Waals surface area contributed by atoms with Crippen LogP contribution in [0.3, 0.4) is 0 Å². The summed E-state index contributed by atoms with van der Waals surface area (Å²) >= 11 is -2.07. The van der Waals surface area contributed by atoms with Gasteiger partial charge >= 0.3 is 158 Å². The summed E-state index contributed by atoms with van der Waals surface area (Å²) in [4.78, 5) is 3.42. The van der Waals surface area contributed by atoms with Crippen molar-refractivity contribution in [2.45, 2.75) is 55.9 Å². The first kappa shape index (κ1) is 18.9. The topological polar surface area (TPSA) is 19.0 Å². The number of rotatable bonds is 4. The Morgan fingerprint density at radius 3 is 2.28 bits per heavy atom. The molecule has 1 heterocycles. The number of nitrogens with zero attached hydrogens (tertiary/aromatic N) is 1. The molecular formula is C21H32N2SiTi. The molecule has 2 aromatic rings. The van der Waals surface area contributed by atoms with Crippen LogP contribution in [-0.2, 0) is 16.1 Å². The van der Waals surface area contributed by atoms with Gasteiger partial charge in [0.05, 0.1) is 0 Å². The fourth-order valence-electron chi connectivity index (χ4n) is 4.20. The maximum absolute atomic E-state index is 3.42. The molecule has 0 bridgehead atoms. The van der Waals surface area contributed by atoms with Gasteiger partial charge in [0.25, 0.3) is 0 Å². The van der Waals surface area contributed by atoms with Gasteiger partial charge < -0.3 is 0 Å². The molecule has 4 heteroatoms. The molecule has 25 heavy (non-hydrogen) atoms. The molecule has 0 aliphatic heterocycles. The van der Waals surface area contributed by atoms with Crippen LogP contribution in [0.15, 0.2) is 48.7 Å². The van der Waals surface area contributed by atoms with Gasteiger partial charge in [-0.1, -0.05) is 0 Å². The van der Waals surface area contributed by atoms with Gasteiger partial charge in [0.15, 0.2) is 0 Å². The number of fused-ring (bicyclic) bond motifs is 1. The number of nitrogens with one attached hydrogen (secondary N) is 1. The number of hydrogen-bond donors (Lipinski definition) is 1. The zero-order chi connectivity index (χ0) is 18.4. The molecule has 3 rings (SSSR count). The molecule has 1 N–H and O–H groups in total. The predicted molar refractivity (Wildman–Crippen MR) is 109 cm³/mol. The van der Waals surface area contributed by atoms with Crippen LogP contribution < -0.4 is 0 Å². The van der Waals surface area contributed by atoms with E-state index in [0.29, 0.717) is 6.04 Å². The van der Waals surface area contributed by atoms with Crippen molar-refractivity contribution in [3.8, 4) is 0 Å². The van der Waals surface area contributed by atoms with Crippen molar-refractivity contribution in [1.82, 2.24) is 8.37 Å². The number of aromatic amines is 1.